The zero-order valence-electron chi connectivity index (χ0n) is 11.1. The third kappa shape index (κ3) is 3.46. The van der Waals surface area contributed by atoms with Crippen LogP contribution in [0.25, 0.3) is 22.6 Å². The number of rotatable bonds is 2. The van der Waals surface area contributed by atoms with Crippen LogP contribution in [0, 0.1) is 0 Å². The van der Waals surface area contributed by atoms with Crippen molar-refractivity contribution in [3.05, 3.63) is 35.2 Å². The zero-order chi connectivity index (χ0) is 14.9. The Labute approximate surface area is 126 Å². The number of nitrogens with zero attached hydrogens (tertiary/aromatic N) is 2. The van der Waals surface area contributed by atoms with Crippen molar-refractivity contribution in [2.24, 2.45) is 5.14 Å². The molecule has 0 amide bonds. The summed E-state index contributed by atoms with van der Waals surface area (Å²) in [5.41, 5.74) is 4.75. The van der Waals surface area contributed by atoms with Gasteiger partial charge in [0.2, 0.25) is 10.0 Å². The molecular formula is C13H14N4O2S2. The fourth-order valence-corrected chi connectivity index (χ4v) is 3.13. The Morgan fingerprint density at radius 2 is 2.05 bits per heavy atom. The van der Waals surface area contributed by atoms with Crippen molar-refractivity contribution >= 4 is 32.4 Å². The minimum absolute atomic E-state index is 0.201. The summed E-state index contributed by atoms with van der Waals surface area (Å²) < 4.78 is 20.3. The number of primary sulfonamides is 1. The highest BCUT2D eigenvalue weighted by Gasteiger charge is 2.32. The van der Waals surface area contributed by atoms with Crippen molar-refractivity contribution in [3.63, 3.8) is 0 Å². The standard InChI is InChI=1S/C10H7N3S.C3H7NO2S/c1-2-4-8-7(3-1)12-10(13-8)9-5-14-6-11-9;4-7(5,6)3-1-2-3/h1-6H,(H,12,13);3H,1-2H2,(H2,4,5,6). The summed E-state index contributed by atoms with van der Waals surface area (Å²) in [6, 6.07) is 7.97. The number of aromatic amines is 1. The molecule has 0 atom stereocenters. The number of H-pyrrole nitrogens is 1. The lowest BCUT2D eigenvalue weighted by Crippen LogP contribution is -2.16. The van der Waals surface area contributed by atoms with Crippen molar-refractivity contribution in [3.8, 4) is 11.5 Å². The van der Waals surface area contributed by atoms with Crippen molar-refractivity contribution in [1.82, 2.24) is 15.0 Å². The molecule has 1 saturated carbocycles. The smallest absolute Gasteiger partial charge is 0.211 e. The van der Waals surface area contributed by atoms with E-state index in [9.17, 15) is 8.42 Å². The molecule has 2 aromatic heterocycles. The van der Waals surface area contributed by atoms with E-state index in [0.29, 0.717) is 0 Å². The predicted octanol–water partition coefficient (Wildman–Crippen LogP) is 2.12. The summed E-state index contributed by atoms with van der Waals surface area (Å²) in [7, 11) is -3.13. The molecule has 4 rings (SSSR count). The number of hydrogen-bond acceptors (Lipinski definition) is 5. The van der Waals surface area contributed by atoms with E-state index in [1.807, 2.05) is 35.2 Å². The maximum absolute atomic E-state index is 10.2. The Kier molecular flexibility index (Phi) is 3.75. The highest BCUT2D eigenvalue weighted by molar-refractivity contribution is 7.90. The molecule has 0 saturated heterocycles. The quantitative estimate of drug-likeness (QED) is 0.754. The lowest BCUT2D eigenvalue weighted by molar-refractivity contribution is 0.596. The molecule has 0 bridgehead atoms. The average Bonchev–Trinajstić information content (AvgIpc) is 3.03. The molecule has 8 heteroatoms. The summed E-state index contributed by atoms with van der Waals surface area (Å²) >= 11 is 1.57. The van der Waals surface area contributed by atoms with Crippen LogP contribution in [0.2, 0.25) is 0 Å². The van der Waals surface area contributed by atoms with Gasteiger partial charge in [-0.25, -0.2) is 23.5 Å². The number of fused-ring (bicyclic) bond motifs is 1. The number of nitrogens with two attached hydrogens (primary N) is 1. The molecule has 1 aliphatic carbocycles. The van der Waals surface area contributed by atoms with E-state index in [-0.39, 0.29) is 5.25 Å². The van der Waals surface area contributed by atoms with Crippen LogP contribution in [0.5, 0.6) is 0 Å². The number of thiazole rings is 1. The third-order valence-corrected chi connectivity index (χ3v) is 5.04. The first-order chi connectivity index (χ1) is 10.0. The van der Waals surface area contributed by atoms with Crippen LogP contribution in [-0.2, 0) is 10.0 Å². The van der Waals surface area contributed by atoms with Crippen LogP contribution >= 0.6 is 11.3 Å². The molecule has 0 radical (unpaired) electrons. The number of imidazole rings is 1. The van der Waals surface area contributed by atoms with Crippen LogP contribution in [0.1, 0.15) is 12.8 Å². The van der Waals surface area contributed by atoms with Gasteiger partial charge in [0, 0.05) is 5.38 Å². The Balaban J connectivity index is 0.000000160. The van der Waals surface area contributed by atoms with E-state index in [0.717, 1.165) is 35.4 Å². The van der Waals surface area contributed by atoms with E-state index >= 15 is 0 Å². The van der Waals surface area contributed by atoms with E-state index in [1.165, 1.54) is 0 Å². The van der Waals surface area contributed by atoms with E-state index in [4.69, 9.17) is 5.14 Å². The van der Waals surface area contributed by atoms with Crippen molar-refractivity contribution in [1.29, 1.82) is 0 Å². The number of nitrogens with one attached hydrogen (secondary N) is 1. The van der Waals surface area contributed by atoms with Gasteiger partial charge in [-0.1, -0.05) is 12.1 Å². The Morgan fingerprint density at radius 3 is 2.57 bits per heavy atom. The van der Waals surface area contributed by atoms with Gasteiger partial charge >= 0.3 is 0 Å². The van der Waals surface area contributed by atoms with Gasteiger partial charge in [-0.15, -0.1) is 11.3 Å². The van der Waals surface area contributed by atoms with Gasteiger partial charge in [-0.05, 0) is 25.0 Å². The number of sulfonamides is 1. The molecule has 110 valence electrons. The summed E-state index contributed by atoms with van der Waals surface area (Å²) in [6.07, 6.45) is 1.53. The van der Waals surface area contributed by atoms with Gasteiger partial charge in [0.05, 0.1) is 21.8 Å². The lowest BCUT2D eigenvalue weighted by atomic mass is 10.3. The summed E-state index contributed by atoms with van der Waals surface area (Å²) in [5, 5.41) is 6.50. The molecule has 1 aromatic carbocycles. The largest absolute Gasteiger partial charge is 0.337 e. The van der Waals surface area contributed by atoms with Gasteiger partial charge in [0.1, 0.15) is 5.69 Å². The molecule has 3 aromatic rings. The molecule has 1 fully saturated rings. The SMILES string of the molecule is NS(=O)(=O)C1CC1.c1ccc2[nH]c(-c3cscn3)nc2c1. The topological polar surface area (TPSA) is 102 Å². The molecular weight excluding hydrogens is 308 g/mol. The Hall–Kier alpha value is -1.77. The first kappa shape index (κ1) is 14.2. The molecule has 21 heavy (non-hydrogen) atoms. The first-order valence-corrected chi connectivity index (χ1v) is 8.94. The van der Waals surface area contributed by atoms with Crippen LogP contribution in [-0.4, -0.2) is 28.6 Å². The highest BCUT2D eigenvalue weighted by atomic mass is 32.2. The monoisotopic (exact) mass is 322 g/mol. The Morgan fingerprint density at radius 1 is 1.29 bits per heavy atom. The summed E-state index contributed by atoms with van der Waals surface area (Å²) in [4.78, 5) is 11.9. The molecule has 0 unspecified atom stereocenters. The average molecular weight is 322 g/mol. The highest BCUT2D eigenvalue weighted by Crippen LogP contribution is 2.25. The van der Waals surface area contributed by atoms with E-state index in [2.05, 4.69) is 15.0 Å². The number of hydrogen-bond donors (Lipinski definition) is 2. The third-order valence-electron chi connectivity index (χ3n) is 3.05. The van der Waals surface area contributed by atoms with Gasteiger partial charge in [0.25, 0.3) is 0 Å². The molecule has 3 N–H and O–H groups in total. The minimum atomic E-state index is -3.13. The van der Waals surface area contributed by atoms with Crippen molar-refractivity contribution in [2.45, 2.75) is 18.1 Å². The minimum Gasteiger partial charge on any atom is -0.337 e. The summed E-state index contributed by atoms with van der Waals surface area (Å²) in [6.45, 7) is 0. The van der Waals surface area contributed by atoms with Gasteiger partial charge in [-0.2, -0.15) is 0 Å². The maximum atomic E-state index is 10.2. The van der Waals surface area contributed by atoms with Crippen LogP contribution < -0.4 is 5.14 Å². The number of aromatic nitrogens is 3. The number of benzene rings is 1. The van der Waals surface area contributed by atoms with Gasteiger partial charge < -0.3 is 4.98 Å². The second-order valence-corrected chi connectivity index (χ2v) is 7.33. The fraction of sp³-hybridized carbons (Fsp3) is 0.231. The zero-order valence-corrected chi connectivity index (χ0v) is 12.7. The fourth-order valence-electron chi connectivity index (χ4n) is 1.80. The lowest BCUT2D eigenvalue weighted by Gasteiger charge is -1.84. The Bertz CT molecular complexity index is 803. The number of para-hydroxylation sites is 2. The second-order valence-electron chi connectivity index (χ2n) is 4.76. The van der Waals surface area contributed by atoms with Crippen LogP contribution in [0.4, 0.5) is 0 Å². The molecule has 1 aliphatic rings. The predicted molar refractivity (Wildman–Crippen MR) is 83.3 cm³/mol. The normalized spacial score (nSPS) is 14.7. The first-order valence-electron chi connectivity index (χ1n) is 6.39. The summed E-state index contributed by atoms with van der Waals surface area (Å²) in [5.74, 6) is 0.840. The van der Waals surface area contributed by atoms with Crippen molar-refractivity contribution in [2.75, 3.05) is 0 Å². The van der Waals surface area contributed by atoms with E-state index in [1.54, 1.807) is 11.3 Å². The van der Waals surface area contributed by atoms with Crippen molar-refractivity contribution < 1.29 is 8.42 Å². The molecule has 2 heterocycles. The van der Waals surface area contributed by atoms with Gasteiger partial charge in [-0.3, -0.25) is 0 Å². The molecule has 0 aliphatic heterocycles. The maximum Gasteiger partial charge on any atom is 0.211 e. The molecule has 6 nitrogen and oxygen atoms in total. The van der Waals surface area contributed by atoms with Crippen LogP contribution in [0.3, 0.4) is 0 Å². The second kappa shape index (κ2) is 5.55. The van der Waals surface area contributed by atoms with Crippen LogP contribution in [0.15, 0.2) is 35.2 Å². The molecule has 0 spiro atoms. The van der Waals surface area contributed by atoms with E-state index < -0.39 is 10.0 Å². The van der Waals surface area contributed by atoms with Gasteiger partial charge in [0.15, 0.2) is 5.82 Å².